The SMILES string of the molecule is CCNC1CCC(C(C)(C)C)CC1CC1CCOCC1. The van der Waals surface area contributed by atoms with E-state index in [9.17, 15) is 0 Å². The summed E-state index contributed by atoms with van der Waals surface area (Å²) < 4.78 is 5.52. The zero-order chi connectivity index (χ0) is 14.6. The maximum atomic E-state index is 5.52. The quantitative estimate of drug-likeness (QED) is 0.832. The summed E-state index contributed by atoms with van der Waals surface area (Å²) in [6.07, 6.45) is 8.21. The van der Waals surface area contributed by atoms with Crippen LogP contribution in [0.1, 0.15) is 66.2 Å². The van der Waals surface area contributed by atoms with Crippen molar-refractivity contribution in [2.24, 2.45) is 23.2 Å². The summed E-state index contributed by atoms with van der Waals surface area (Å²) in [5.41, 5.74) is 0.477. The zero-order valence-corrected chi connectivity index (χ0v) is 14.1. The van der Waals surface area contributed by atoms with Crippen molar-refractivity contribution in [3.05, 3.63) is 0 Å². The molecule has 0 radical (unpaired) electrons. The minimum atomic E-state index is 0.477. The van der Waals surface area contributed by atoms with Gasteiger partial charge >= 0.3 is 0 Å². The second-order valence-corrected chi connectivity index (χ2v) is 8.09. The molecule has 2 rings (SSSR count). The highest BCUT2D eigenvalue weighted by Gasteiger charge is 2.36. The van der Waals surface area contributed by atoms with Crippen LogP contribution in [0.25, 0.3) is 0 Å². The molecule has 0 bridgehead atoms. The highest BCUT2D eigenvalue weighted by atomic mass is 16.5. The van der Waals surface area contributed by atoms with Crippen LogP contribution < -0.4 is 5.32 Å². The Balaban J connectivity index is 1.94. The molecule has 1 N–H and O–H groups in total. The fraction of sp³-hybridized carbons (Fsp3) is 1.00. The molecule has 1 saturated heterocycles. The van der Waals surface area contributed by atoms with Crippen molar-refractivity contribution in [3.63, 3.8) is 0 Å². The van der Waals surface area contributed by atoms with Crippen LogP contribution in [-0.2, 0) is 4.74 Å². The van der Waals surface area contributed by atoms with Gasteiger partial charge in [0.05, 0.1) is 0 Å². The summed E-state index contributed by atoms with van der Waals surface area (Å²) in [6.45, 7) is 12.6. The number of rotatable bonds is 4. The molecule has 0 aromatic rings. The molecule has 118 valence electrons. The highest BCUT2D eigenvalue weighted by molar-refractivity contribution is 4.90. The van der Waals surface area contributed by atoms with Crippen molar-refractivity contribution in [2.45, 2.75) is 72.3 Å². The maximum absolute atomic E-state index is 5.52. The number of nitrogens with one attached hydrogen (secondary N) is 1. The first-order chi connectivity index (χ1) is 9.50. The molecule has 20 heavy (non-hydrogen) atoms. The van der Waals surface area contributed by atoms with Crippen molar-refractivity contribution in [2.75, 3.05) is 19.8 Å². The van der Waals surface area contributed by atoms with Gasteiger partial charge in [-0.15, -0.1) is 0 Å². The monoisotopic (exact) mass is 281 g/mol. The van der Waals surface area contributed by atoms with Gasteiger partial charge < -0.3 is 10.1 Å². The third-order valence-corrected chi connectivity index (χ3v) is 5.65. The van der Waals surface area contributed by atoms with Gasteiger partial charge in [-0.2, -0.15) is 0 Å². The lowest BCUT2D eigenvalue weighted by Crippen LogP contribution is -2.43. The molecule has 1 aliphatic heterocycles. The number of ether oxygens (including phenoxy) is 1. The summed E-state index contributed by atoms with van der Waals surface area (Å²) in [5, 5.41) is 3.76. The van der Waals surface area contributed by atoms with Crippen molar-refractivity contribution in [1.82, 2.24) is 5.32 Å². The molecule has 2 fully saturated rings. The van der Waals surface area contributed by atoms with E-state index in [1.54, 1.807) is 0 Å². The fourth-order valence-electron chi connectivity index (χ4n) is 4.25. The van der Waals surface area contributed by atoms with Gasteiger partial charge in [0.25, 0.3) is 0 Å². The molecule has 1 heterocycles. The third kappa shape index (κ3) is 4.46. The molecule has 2 aliphatic rings. The molecule has 2 nitrogen and oxygen atoms in total. The lowest BCUT2D eigenvalue weighted by atomic mass is 9.65. The molecule has 1 aliphatic carbocycles. The number of hydrogen-bond donors (Lipinski definition) is 1. The molecule has 2 heteroatoms. The smallest absolute Gasteiger partial charge is 0.0468 e. The molecule has 0 spiro atoms. The Hall–Kier alpha value is -0.0800. The molecular weight excluding hydrogens is 246 g/mol. The Morgan fingerprint density at radius 2 is 1.75 bits per heavy atom. The summed E-state index contributed by atoms with van der Waals surface area (Å²) in [6, 6.07) is 0.765. The maximum Gasteiger partial charge on any atom is 0.0468 e. The van der Waals surface area contributed by atoms with Gasteiger partial charge in [0.15, 0.2) is 0 Å². The van der Waals surface area contributed by atoms with E-state index in [2.05, 4.69) is 33.0 Å². The van der Waals surface area contributed by atoms with Crippen molar-refractivity contribution >= 4 is 0 Å². The molecule has 1 saturated carbocycles. The predicted molar refractivity (Wildman–Crippen MR) is 85.9 cm³/mol. The minimum Gasteiger partial charge on any atom is -0.381 e. The Morgan fingerprint density at radius 3 is 2.35 bits per heavy atom. The van der Waals surface area contributed by atoms with Crippen LogP contribution in [-0.4, -0.2) is 25.8 Å². The standard InChI is InChI=1S/C18H35NO/c1-5-19-17-7-6-16(18(2,3)4)13-15(17)12-14-8-10-20-11-9-14/h14-17,19H,5-13H2,1-4H3. The van der Waals surface area contributed by atoms with Gasteiger partial charge in [-0.3, -0.25) is 0 Å². The average molecular weight is 281 g/mol. The van der Waals surface area contributed by atoms with Gasteiger partial charge in [-0.25, -0.2) is 0 Å². The molecule has 0 aromatic heterocycles. The van der Waals surface area contributed by atoms with Gasteiger partial charge in [0.1, 0.15) is 0 Å². The Kier molecular flexibility index (Phi) is 5.92. The Morgan fingerprint density at radius 1 is 1.05 bits per heavy atom. The molecule has 3 atom stereocenters. The summed E-state index contributed by atoms with van der Waals surface area (Å²) in [4.78, 5) is 0. The van der Waals surface area contributed by atoms with E-state index < -0.39 is 0 Å². The molecular formula is C18H35NO. The van der Waals surface area contributed by atoms with Crippen molar-refractivity contribution in [3.8, 4) is 0 Å². The molecule has 0 amide bonds. The first-order valence-corrected chi connectivity index (χ1v) is 8.81. The first kappa shape index (κ1) is 16.3. The molecule has 0 aromatic carbocycles. The van der Waals surface area contributed by atoms with Gasteiger partial charge in [-0.1, -0.05) is 27.7 Å². The van der Waals surface area contributed by atoms with Gasteiger partial charge in [-0.05, 0) is 68.2 Å². The van der Waals surface area contributed by atoms with Crippen LogP contribution >= 0.6 is 0 Å². The summed E-state index contributed by atoms with van der Waals surface area (Å²) >= 11 is 0. The lowest BCUT2D eigenvalue weighted by Gasteiger charge is -2.43. The van der Waals surface area contributed by atoms with E-state index in [-0.39, 0.29) is 0 Å². The van der Waals surface area contributed by atoms with Crippen LogP contribution in [0.2, 0.25) is 0 Å². The number of hydrogen-bond acceptors (Lipinski definition) is 2. The van der Waals surface area contributed by atoms with E-state index in [4.69, 9.17) is 4.74 Å². The van der Waals surface area contributed by atoms with Crippen LogP contribution in [0.4, 0.5) is 0 Å². The van der Waals surface area contributed by atoms with Crippen LogP contribution in [0.15, 0.2) is 0 Å². The largest absolute Gasteiger partial charge is 0.381 e. The second-order valence-electron chi connectivity index (χ2n) is 8.09. The second kappa shape index (κ2) is 7.26. The normalized spacial score (nSPS) is 33.3. The fourth-order valence-corrected chi connectivity index (χ4v) is 4.25. The lowest BCUT2D eigenvalue weighted by molar-refractivity contribution is 0.0425. The Labute approximate surface area is 126 Å². The first-order valence-electron chi connectivity index (χ1n) is 8.81. The highest BCUT2D eigenvalue weighted by Crippen LogP contribution is 2.43. The van der Waals surface area contributed by atoms with E-state index >= 15 is 0 Å². The van der Waals surface area contributed by atoms with Crippen LogP contribution in [0, 0.1) is 23.2 Å². The summed E-state index contributed by atoms with van der Waals surface area (Å²) in [5.74, 6) is 2.70. The topological polar surface area (TPSA) is 21.3 Å². The van der Waals surface area contributed by atoms with E-state index in [0.717, 1.165) is 43.6 Å². The third-order valence-electron chi connectivity index (χ3n) is 5.65. The van der Waals surface area contributed by atoms with Crippen molar-refractivity contribution < 1.29 is 4.74 Å². The Bertz CT molecular complexity index is 278. The molecule has 3 unspecified atom stereocenters. The summed E-state index contributed by atoms with van der Waals surface area (Å²) in [7, 11) is 0. The average Bonchev–Trinajstić information content (AvgIpc) is 2.41. The zero-order valence-electron chi connectivity index (χ0n) is 14.1. The van der Waals surface area contributed by atoms with E-state index in [1.165, 1.54) is 38.5 Å². The van der Waals surface area contributed by atoms with Crippen LogP contribution in [0.5, 0.6) is 0 Å². The predicted octanol–water partition coefficient (Wildman–Crippen LogP) is 4.24. The van der Waals surface area contributed by atoms with Gasteiger partial charge in [0.2, 0.25) is 0 Å². The van der Waals surface area contributed by atoms with E-state index in [0.29, 0.717) is 5.41 Å². The van der Waals surface area contributed by atoms with Crippen molar-refractivity contribution in [1.29, 1.82) is 0 Å². The van der Waals surface area contributed by atoms with E-state index in [1.807, 2.05) is 0 Å². The van der Waals surface area contributed by atoms with Gasteiger partial charge in [0, 0.05) is 19.3 Å². The van der Waals surface area contributed by atoms with Crippen LogP contribution in [0.3, 0.4) is 0 Å². The minimum absolute atomic E-state index is 0.477.